The Morgan fingerprint density at radius 2 is 2.07 bits per heavy atom. The molecule has 0 amide bonds. The number of carboxylic acid groups (broad SMARTS) is 1. The molecule has 3 nitrogen and oxygen atoms in total. The number of carbonyl (C=O) groups is 1. The third kappa shape index (κ3) is 4.65. The van der Waals surface area contributed by atoms with Crippen LogP contribution in [0.25, 0.3) is 0 Å². The van der Waals surface area contributed by atoms with Gasteiger partial charge in [-0.05, 0) is 25.3 Å². The Morgan fingerprint density at radius 3 is 2.60 bits per heavy atom. The summed E-state index contributed by atoms with van der Waals surface area (Å²) in [4.78, 5) is 11.0. The summed E-state index contributed by atoms with van der Waals surface area (Å²) in [7, 11) is 0. The fourth-order valence-electron chi connectivity index (χ4n) is 2.35. The van der Waals surface area contributed by atoms with Gasteiger partial charge in [0.2, 0.25) is 0 Å². The van der Waals surface area contributed by atoms with Crippen molar-refractivity contribution in [2.24, 2.45) is 5.92 Å². The molecular weight excluding hydrogens is 190 g/mol. The second-order valence-electron chi connectivity index (χ2n) is 4.58. The van der Waals surface area contributed by atoms with Gasteiger partial charge in [0.05, 0.1) is 0 Å². The van der Waals surface area contributed by atoms with Crippen LogP contribution in [0.3, 0.4) is 0 Å². The van der Waals surface area contributed by atoms with Gasteiger partial charge in [-0.1, -0.05) is 39.0 Å². The zero-order chi connectivity index (χ0) is 11.1. The third-order valence-corrected chi connectivity index (χ3v) is 3.23. The van der Waals surface area contributed by atoms with Crippen LogP contribution in [-0.4, -0.2) is 23.7 Å². The van der Waals surface area contributed by atoms with Crippen LogP contribution in [0.1, 0.15) is 51.9 Å². The maximum Gasteiger partial charge on any atom is 0.320 e. The highest BCUT2D eigenvalue weighted by molar-refractivity contribution is 5.73. The molecule has 15 heavy (non-hydrogen) atoms. The first-order chi connectivity index (χ1) is 7.24. The van der Waals surface area contributed by atoms with E-state index in [9.17, 15) is 4.79 Å². The summed E-state index contributed by atoms with van der Waals surface area (Å²) in [6.07, 6.45) is 8.14. The number of rotatable bonds is 6. The van der Waals surface area contributed by atoms with Gasteiger partial charge in [0.15, 0.2) is 0 Å². The number of carboxylic acids is 1. The standard InChI is InChI=1S/C12H23NO2/c1-2-8-13-11(12(14)15)9-10-6-4-3-5-7-10/h10-11,13H,2-9H2,1H3,(H,14,15). The van der Waals surface area contributed by atoms with E-state index in [0.717, 1.165) is 19.4 Å². The van der Waals surface area contributed by atoms with E-state index in [0.29, 0.717) is 5.92 Å². The molecule has 0 bridgehead atoms. The second-order valence-corrected chi connectivity index (χ2v) is 4.58. The molecule has 1 aliphatic rings. The fourth-order valence-corrected chi connectivity index (χ4v) is 2.35. The van der Waals surface area contributed by atoms with E-state index in [4.69, 9.17) is 5.11 Å². The lowest BCUT2D eigenvalue weighted by Gasteiger charge is -2.25. The molecule has 1 aliphatic carbocycles. The Morgan fingerprint density at radius 1 is 1.40 bits per heavy atom. The minimum atomic E-state index is -0.686. The summed E-state index contributed by atoms with van der Waals surface area (Å²) in [5, 5.41) is 12.2. The van der Waals surface area contributed by atoms with E-state index in [2.05, 4.69) is 12.2 Å². The predicted octanol–water partition coefficient (Wildman–Crippen LogP) is 2.41. The fraction of sp³-hybridized carbons (Fsp3) is 0.917. The van der Waals surface area contributed by atoms with E-state index in [1.807, 2.05) is 0 Å². The normalized spacial score (nSPS) is 20.1. The monoisotopic (exact) mass is 213 g/mol. The molecule has 0 aliphatic heterocycles. The van der Waals surface area contributed by atoms with Crippen LogP contribution < -0.4 is 5.32 Å². The van der Waals surface area contributed by atoms with Gasteiger partial charge >= 0.3 is 5.97 Å². The molecule has 0 aromatic rings. The van der Waals surface area contributed by atoms with Crippen LogP contribution in [0.4, 0.5) is 0 Å². The van der Waals surface area contributed by atoms with Gasteiger partial charge in [0.1, 0.15) is 6.04 Å². The predicted molar refractivity (Wildman–Crippen MR) is 60.9 cm³/mol. The number of nitrogens with one attached hydrogen (secondary N) is 1. The summed E-state index contributed by atoms with van der Waals surface area (Å²) in [5.41, 5.74) is 0. The third-order valence-electron chi connectivity index (χ3n) is 3.23. The Hall–Kier alpha value is -0.570. The average Bonchev–Trinajstić information content (AvgIpc) is 2.25. The van der Waals surface area contributed by atoms with Gasteiger partial charge in [0, 0.05) is 0 Å². The summed E-state index contributed by atoms with van der Waals surface area (Å²) in [6.45, 7) is 2.87. The Bertz CT molecular complexity index is 188. The maximum atomic E-state index is 11.0. The van der Waals surface area contributed by atoms with Crippen molar-refractivity contribution in [3.05, 3.63) is 0 Å². The van der Waals surface area contributed by atoms with Gasteiger partial charge < -0.3 is 10.4 Å². The van der Waals surface area contributed by atoms with Gasteiger partial charge in [-0.15, -0.1) is 0 Å². The van der Waals surface area contributed by atoms with E-state index < -0.39 is 5.97 Å². The molecule has 3 heteroatoms. The Labute approximate surface area is 92.3 Å². The van der Waals surface area contributed by atoms with Crippen LogP contribution in [0, 0.1) is 5.92 Å². The van der Waals surface area contributed by atoms with Gasteiger partial charge in [-0.25, -0.2) is 0 Å². The topological polar surface area (TPSA) is 49.3 Å². The lowest BCUT2D eigenvalue weighted by Crippen LogP contribution is -2.39. The van der Waals surface area contributed by atoms with Crippen molar-refractivity contribution in [1.82, 2.24) is 5.32 Å². The van der Waals surface area contributed by atoms with E-state index in [-0.39, 0.29) is 6.04 Å². The smallest absolute Gasteiger partial charge is 0.320 e. The highest BCUT2D eigenvalue weighted by Crippen LogP contribution is 2.27. The molecule has 1 fully saturated rings. The molecule has 0 radical (unpaired) electrons. The van der Waals surface area contributed by atoms with E-state index in [1.54, 1.807) is 0 Å². The molecule has 2 N–H and O–H groups in total. The first-order valence-corrected chi connectivity index (χ1v) is 6.20. The van der Waals surface area contributed by atoms with Crippen LogP contribution >= 0.6 is 0 Å². The second kappa shape index (κ2) is 6.83. The van der Waals surface area contributed by atoms with Gasteiger partial charge in [-0.3, -0.25) is 4.79 Å². The summed E-state index contributed by atoms with van der Waals surface area (Å²) in [6, 6.07) is -0.326. The molecule has 0 saturated heterocycles. The molecule has 0 aromatic carbocycles. The SMILES string of the molecule is CCCNC(CC1CCCCC1)C(=O)O. The van der Waals surface area contributed by atoms with Gasteiger partial charge in [-0.2, -0.15) is 0 Å². The van der Waals surface area contributed by atoms with Crippen molar-refractivity contribution in [1.29, 1.82) is 0 Å². The lowest BCUT2D eigenvalue weighted by atomic mass is 9.85. The lowest BCUT2D eigenvalue weighted by molar-refractivity contribution is -0.140. The number of hydrogen-bond acceptors (Lipinski definition) is 2. The molecule has 1 rings (SSSR count). The Balaban J connectivity index is 2.31. The van der Waals surface area contributed by atoms with Crippen molar-refractivity contribution >= 4 is 5.97 Å². The molecular formula is C12H23NO2. The minimum Gasteiger partial charge on any atom is -0.480 e. The van der Waals surface area contributed by atoms with Crippen molar-refractivity contribution in [3.63, 3.8) is 0 Å². The minimum absolute atomic E-state index is 0.326. The van der Waals surface area contributed by atoms with Crippen molar-refractivity contribution in [2.45, 2.75) is 57.9 Å². The van der Waals surface area contributed by atoms with Gasteiger partial charge in [0.25, 0.3) is 0 Å². The first kappa shape index (κ1) is 12.5. The van der Waals surface area contributed by atoms with Crippen molar-refractivity contribution < 1.29 is 9.90 Å². The van der Waals surface area contributed by atoms with Crippen LogP contribution in [-0.2, 0) is 4.79 Å². The number of hydrogen-bond donors (Lipinski definition) is 2. The molecule has 0 heterocycles. The largest absolute Gasteiger partial charge is 0.480 e. The zero-order valence-corrected chi connectivity index (χ0v) is 9.67. The van der Waals surface area contributed by atoms with E-state index >= 15 is 0 Å². The molecule has 0 aromatic heterocycles. The average molecular weight is 213 g/mol. The van der Waals surface area contributed by atoms with Crippen molar-refractivity contribution in [2.75, 3.05) is 6.54 Å². The first-order valence-electron chi connectivity index (χ1n) is 6.20. The quantitative estimate of drug-likeness (QED) is 0.712. The van der Waals surface area contributed by atoms with Crippen LogP contribution in [0.2, 0.25) is 0 Å². The highest BCUT2D eigenvalue weighted by Gasteiger charge is 2.22. The summed E-state index contributed by atoms with van der Waals surface area (Å²) >= 11 is 0. The number of aliphatic carboxylic acids is 1. The zero-order valence-electron chi connectivity index (χ0n) is 9.67. The van der Waals surface area contributed by atoms with Crippen molar-refractivity contribution in [3.8, 4) is 0 Å². The maximum absolute atomic E-state index is 11.0. The molecule has 1 unspecified atom stereocenters. The molecule has 1 atom stereocenters. The van der Waals surface area contributed by atoms with Crippen LogP contribution in [0.15, 0.2) is 0 Å². The molecule has 0 spiro atoms. The summed E-state index contributed by atoms with van der Waals surface area (Å²) in [5.74, 6) is -0.0572. The summed E-state index contributed by atoms with van der Waals surface area (Å²) < 4.78 is 0. The molecule has 1 saturated carbocycles. The van der Waals surface area contributed by atoms with E-state index in [1.165, 1.54) is 32.1 Å². The molecule has 88 valence electrons. The highest BCUT2D eigenvalue weighted by atomic mass is 16.4. The van der Waals surface area contributed by atoms with Crippen LogP contribution in [0.5, 0.6) is 0 Å². The Kier molecular flexibility index (Phi) is 5.69.